The maximum atomic E-state index is 9.20. The van der Waals surface area contributed by atoms with Crippen LogP contribution in [-0.2, 0) is 6.54 Å². The molecule has 0 radical (unpaired) electrons. The van der Waals surface area contributed by atoms with Crippen molar-refractivity contribution in [2.45, 2.75) is 13.5 Å². The fraction of sp³-hybridized carbons (Fsp3) is 0.0909. The summed E-state index contributed by atoms with van der Waals surface area (Å²) in [6.45, 7) is 2.84. The van der Waals surface area contributed by atoms with Gasteiger partial charge in [-0.1, -0.05) is 54.1 Å². The molecule has 0 bridgehead atoms. The maximum Gasteiger partial charge on any atom is 0.141 e. The molecule has 3 aromatic carbocycles. The largest absolute Gasteiger partial charge is 0.319 e. The van der Waals surface area contributed by atoms with E-state index in [1.165, 1.54) is 11.1 Å². The molecule has 0 aliphatic heterocycles. The van der Waals surface area contributed by atoms with Crippen molar-refractivity contribution < 1.29 is 0 Å². The Morgan fingerprint density at radius 3 is 2.56 bits per heavy atom. The van der Waals surface area contributed by atoms with Gasteiger partial charge < -0.3 is 4.57 Å². The van der Waals surface area contributed by atoms with Crippen LogP contribution in [0.4, 0.5) is 0 Å². The van der Waals surface area contributed by atoms with Crippen molar-refractivity contribution in [2.24, 2.45) is 0 Å². The Morgan fingerprint density at radius 2 is 1.76 bits per heavy atom. The van der Waals surface area contributed by atoms with Crippen LogP contribution in [0.25, 0.3) is 22.4 Å². The van der Waals surface area contributed by atoms with E-state index in [-0.39, 0.29) is 0 Å². The summed E-state index contributed by atoms with van der Waals surface area (Å²) in [6.07, 6.45) is 0. The molecule has 0 amide bonds. The fourth-order valence-corrected chi connectivity index (χ4v) is 3.06. The van der Waals surface area contributed by atoms with Crippen LogP contribution >= 0.6 is 0 Å². The molecule has 0 saturated heterocycles. The predicted molar refractivity (Wildman–Crippen MR) is 100 cm³/mol. The first-order chi connectivity index (χ1) is 12.2. The molecule has 0 atom stereocenters. The summed E-state index contributed by atoms with van der Waals surface area (Å²) in [5.41, 5.74) is 6.15. The van der Waals surface area contributed by atoms with Gasteiger partial charge >= 0.3 is 0 Å². The standard InChI is InChI=1S/C22H17N3/c1-16-9-11-17(12-10-16)15-25-21-8-3-2-7-20(21)24-22(25)19-6-4-5-18(13-19)14-23/h2-13H,15H2,1H3. The number of hydrogen-bond donors (Lipinski definition) is 0. The molecule has 3 nitrogen and oxygen atoms in total. The Hall–Kier alpha value is -3.38. The van der Waals surface area contributed by atoms with Crippen LogP contribution < -0.4 is 0 Å². The molecule has 0 spiro atoms. The van der Waals surface area contributed by atoms with Gasteiger partial charge in [-0.25, -0.2) is 4.98 Å². The summed E-state index contributed by atoms with van der Waals surface area (Å²) in [7, 11) is 0. The SMILES string of the molecule is Cc1ccc(Cn2c(-c3cccc(C#N)c3)nc3ccccc32)cc1. The minimum Gasteiger partial charge on any atom is -0.319 e. The van der Waals surface area contributed by atoms with E-state index in [0.29, 0.717) is 5.56 Å². The van der Waals surface area contributed by atoms with Crippen molar-refractivity contribution in [1.29, 1.82) is 5.26 Å². The summed E-state index contributed by atoms with van der Waals surface area (Å²) < 4.78 is 2.22. The number of imidazole rings is 1. The van der Waals surface area contributed by atoms with E-state index in [0.717, 1.165) is 29.0 Å². The Morgan fingerprint density at radius 1 is 0.960 bits per heavy atom. The van der Waals surface area contributed by atoms with Gasteiger partial charge in [0.05, 0.1) is 22.7 Å². The molecule has 0 unspecified atom stereocenters. The number of para-hydroxylation sites is 2. The zero-order chi connectivity index (χ0) is 17.2. The van der Waals surface area contributed by atoms with Gasteiger partial charge in [-0.2, -0.15) is 5.26 Å². The van der Waals surface area contributed by atoms with E-state index >= 15 is 0 Å². The number of hydrogen-bond acceptors (Lipinski definition) is 2. The molecule has 25 heavy (non-hydrogen) atoms. The Labute approximate surface area is 146 Å². The molecule has 0 aliphatic rings. The van der Waals surface area contributed by atoms with E-state index in [9.17, 15) is 5.26 Å². The first-order valence-electron chi connectivity index (χ1n) is 8.26. The smallest absolute Gasteiger partial charge is 0.141 e. The number of aromatic nitrogens is 2. The Balaban J connectivity index is 1.88. The molecule has 1 aromatic heterocycles. The van der Waals surface area contributed by atoms with Crippen LogP contribution in [0.1, 0.15) is 16.7 Å². The lowest BCUT2D eigenvalue weighted by molar-refractivity contribution is 0.834. The highest BCUT2D eigenvalue weighted by Crippen LogP contribution is 2.26. The first kappa shape index (κ1) is 15.2. The average Bonchev–Trinajstić information content (AvgIpc) is 3.02. The van der Waals surface area contributed by atoms with Crippen LogP contribution in [0.3, 0.4) is 0 Å². The van der Waals surface area contributed by atoms with Crippen LogP contribution in [0.2, 0.25) is 0 Å². The van der Waals surface area contributed by atoms with Gasteiger partial charge in [-0.15, -0.1) is 0 Å². The van der Waals surface area contributed by atoms with E-state index in [1.807, 2.05) is 42.5 Å². The topological polar surface area (TPSA) is 41.6 Å². The van der Waals surface area contributed by atoms with Gasteiger partial charge in [0.25, 0.3) is 0 Å². The third kappa shape index (κ3) is 2.90. The summed E-state index contributed by atoms with van der Waals surface area (Å²) in [5.74, 6) is 0.888. The normalized spacial score (nSPS) is 10.7. The van der Waals surface area contributed by atoms with Crippen molar-refractivity contribution in [3.05, 3.63) is 89.5 Å². The third-order valence-corrected chi connectivity index (χ3v) is 4.37. The first-order valence-corrected chi connectivity index (χ1v) is 8.26. The quantitative estimate of drug-likeness (QED) is 0.536. The molecule has 0 aliphatic carbocycles. The molecule has 0 fully saturated rings. The molecule has 120 valence electrons. The third-order valence-electron chi connectivity index (χ3n) is 4.37. The van der Waals surface area contributed by atoms with Gasteiger partial charge in [-0.05, 0) is 36.8 Å². The molecule has 0 N–H and O–H groups in total. The van der Waals surface area contributed by atoms with Crippen molar-refractivity contribution >= 4 is 11.0 Å². The van der Waals surface area contributed by atoms with Crippen molar-refractivity contribution in [1.82, 2.24) is 9.55 Å². The van der Waals surface area contributed by atoms with Gasteiger partial charge in [0.2, 0.25) is 0 Å². The van der Waals surface area contributed by atoms with Gasteiger partial charge in [-0.3, -0.25) is 0 Å². The highest BCUT2D eigenvalue weighted by Gasteiger charge is 2.13. The molecule has 1 heterocycles. The van der Waals surface area contributed by atoms with Crippen LogP contribution in [0.5, 0.6) is 0 Å². The van der Waals surface area contributed by atoms with E-state index < -0.39 is 0 Å². The average molecular weight is 323 g/mol. The monoisotopic (exact) mass is 323 g/mol. The molecule has 4 rings (SSSR count). The van der Waals surface area contributed by atoms with Crippen molar-refractivity contribution in [3.63, 3.8) is 0 Å². The summed E-state index contributed by atoms with van der Waals surface area (Å²) in [6, 6.07) is 26.5. The molecule has 4 aromatic rings. The van der Waals surface area contributed by atoms with E-state index in [4.69, 9.17) is 4.98 Å². The lowest BCUT2D eigenvalue weighted by Gasteiger charge is -2.10. The van der Waals surface area contributed by atoms with Crippen LogP contribution in [0, 0.1) is 18.3 Å². The van der Waals surface area contributed by atoms with Gasteiger partial charge in [0.15, 0.2) is 0 Å². The van der Waals surface area contributed by atoms with Crippen LogP contribution in [0.15, 0.2) is 72.8 Å². The number of nitrogens with zero attached hydrogens (tertiary/aromatic N) is 3. The zero-order valence-corrected chi connectivity index (χ0v) is 14.0. The highest BCUT2D eigenvalue weighted by atomic mass is 15.1. The van der Waals surface area contributed by atoms with Crippen LogP contribution in [-0.4, -0.2) is 9.55 Å². The predicted octanol–water partition coefficient (Wildman–Crippen LogP) is 4.93. The number of fused-ring (bicyclic) bond motifs is 1. The number of rotatable bonds is 3. The van der Waals surface area contributed by atoms with Crippen molar-refractivity contribution in [3.8, 4) is 17.5 Å². The molecular formula is C22H17N3. The highest BCUT2D eigenvalue weighted by molar-refractivity contribution is 5.81. The lowest BCUT2D eigenvalue weighted by Crippen LogP contribution is -2.02. The molecule has 3 heteroatoms. The summed E-state index contributed by atoms with van der Waals surface area (Å²) in [5, 5.41) is 9.20. The number of nitriles is 1. The molecular weight excluding hydrogens is 306 g/mol. The van der Waals surface area contributed by atoms with Gasteiger partial charge in [0, 0.05) is 12.1 Å². The van der Waals surface area contributed by atoms with E-state index in [2.05, 4.69) is 47.9 Å². The lowest BCUT2D eigenvalue weighted by atomic mass is 10.1. The fourth-order valence-electron chi connectivity index (χ4n) is 3.06. The number of aryl methyl sites for hydroxylation is 1. The Bertz CT molecular complexity index is 1080. The zero-order valence-electron chi connectivity index (χ0n) is 14.0. The second kappa shape index (κ2) is 6.26. The second-order valence-corrected chi connectivity index (χ2v) is 6.19. The number of benzene rings is 3. The maximum absolute atomic E-state index is 9.20. The second-order valence-electron chi connectivity index (χ2n) is 6.19. The van der Waals surface area contributed by atoms with Gasteiger partial charge in [0.1, 0.15) is 5.82 Å². The van der Waals surface area contributed by atoms with Crippen molar-refractivity contribution in [2.75, 3.05) is 0 Å². The minimum atomic E-state index is 0.645. The molecule has 0 saturated carbocycles. The summed E-state index contributed by atoms with van der Waals surface area (Å²) >= 11 is 0. The summed E-state index contributed by atoms with van der Waals surface area (Å²) in [4.78, 5) is 4.83. The minimum absolute atomic E-state index is 0.645. The van der Waals surface area contributed by atoms with E-state index in [1.54, 1.807) is 0 Å². The Kier molecular flexibility index (Phi) is 3.80.